The van der Waals surface area contributed by atoms with Crippen LogP contribution >= 0.6 is 0 Å². The third kappa shape index (κ3) is 3.46. The van der Waals surface area contributed by atoms with Crippen LogP contribution in [0.2, 0.25) is 0 Å². The number of amides is 1. The Bertz CT molecular complexity index is 1090. The third-order valence-electron chi connectivity index (χ3n) is 5.92. The van der Waals surface area contributed by atoms with Crippen molar-refractivity contribution in [2.75, 3.05) is 19.7 Å². The number of rotatable bonds is 2. The van der Waals surface area contributed by atoms with E-state index in [2.05, 4.69) is 0 Å². The first kappa shape index (κ1) is 22.8. The molecule has 1 aliphatic carbocycles. The number of carbonyl (C=O) groups is 1. The fraction of sp³-hybridized carbons (Fsp3) is 0.409. The highest BCUT2D eigenvalue weighted by molar-refractivity contribution is 6.01. The van der Waals surface area contributed by atoms with Crippen molar-refractivity contribution in [2.45, 2.75) is 19.0 Å². The Hall–Kier alpha value is -3.84. The number of benzene rings is 1. The van der Waals surface area contributed by atoms with Crippen LogP contribution in [0, 0.1) is 56.7 Å². The molecule has 0 radical (unpaired) electrons. The zero-order valence-corrected chi connectivity index (χ0v) is 17.0. The number of alkyl halides is 3. The number of nitriles is 3. The summed E-state index contributed by atoms with van der Waals surface area (Å²) in [6.07, 6.45) is -3.96. The van der Waals surface area contributed by atoms with Gasteiger partial charge in [0.2, 0.25) is 0 Å². The molecule has 3 rings (SSSR count). The van der Waals surface area contributed by atoms with E-state index in [0.29, 0.717) is 5.57 Å². The van der Waals surface area contributed by atoms with Crippen LogP contribution in [0.25, 0.3) is 0 Å². The van der Waals surface area contributed by atoms with Gasteiger partial charge in [0.1, 0.15) is 5.92 Å². The standard InChI is InChI=1S/C22H18F3N5O2/c1-2-32-20(31)30-8-7-13-15(9-26)19(29)21(11-27,12-28)18(16(13)10-30)14-5-3-4-6-17(14)22(23,24)25/h3-7,15-16,18,29H,2,8,10H2,1H3/t15?,16-,18-/m0/s1. The Labute approximate surface area is 182 Å². The summed E-state index contributed by atoms with van der Waals surface area (Å²) in [5.41, 5.74) is -3.90. The maximum atomic E-state index is 13.9. The van der Waals surface area contributed by atoms with Crippen LogP contribution in [0.5, 0.6) is 0 Å². The molecule has 1 N–H and O–H groups in total. The number of halogens is 3. The summed E-state index contributed by atoms with van der Waals surface area (Å²) in [5, 5.41) is 38.1. The lowest BCUT2D eigenvalue weighted by atomic mass is 9.54. The summed E-state index contributed by atoms with van der Waals surface area (Å²) in [7, 11) is 0. The molecule has 3 atom stereocenters. The van der Waals surface area contributed by atoms with Crippen molar-refractivity contribution < 1.29 is 22.7 Å². The highest BCUT2D eigenvalue weighted by atomic mass is 19.4. The van der Waals surface area contributed by atoms with Crippen molar-refractivity contribution in [3.63, 3.8) is 0 Å². The molecule has 1 unspecified atom stereocenters. The first-order valence-corrected chi connectivity index (χ1v) is 9.75. The second-order valence-corrected chi connectivity index (χ2v) is 7.48. The number of nitrogens with zero attached hydrogens (tertiary/aromatic N) is 4. The number of fused-ring (bicyclic) bond motifs is 1. The fourth-order valence-corrected chi connectivity index (χ4v) is 4.54. The van der Waals surface area contributed by atoms with E-state index in [9.17, 15) is 33.8 Å². The molecule has 0 bridgehead atoms. The van der Waals surface area contributed by atoms with E-state index in [0.717, 1.165) is 6.07 Å². The smallest absolute Gasteiger partial charge is 0.416 e. The van der Waals surface area contributed by atoms with Crippen molar-refractivity contribution in [3.8, 4) is 18.2 Å². The predicted molar refractivity (Wildman–Crippen MR) is 105 cm³/mol. The number of nitrogens with one attached hydrogen (secondary N) is 1. The number of hydrogen-bond donors (Lipinski definition) is 1. The Morgan fingerprint density at radius 3 is 2.50 bits per heavy atom. The van der Waals surface area contributed by atoms with Crippen molar-refractivity contribution >= 4 is 11.8 Å². The van der Waals surface area contributed by atoms with Gasteiger partial charge >= 0.3 is 12.3 Å². The minimum Gasteiger partial charge on any atom is -0.450 e. The summed E-state index contributed by atoms with van der Waals surface area (Å²) in [5.74, 6) is -3.64. The molecule has 1 saturated carbocycles. The first-order valence-electron chi connectivity index (χ1n) is 9.75. The van der Waals surface area contributed by atoms with E-state index < -0.39 is 46.7 Å². The van der Waals surface area contributed by atoms with E-state index in [1.807, 2.05) is 6.07 Å². The average Bonchev–Trinajstić information content (AvgIpc) is 2.77. The molecule has 1 aromatic carbocycles. The summed E-state index contributed by atoms with van der Waals surface area (Å²) >= 11 is 0. The molecule has 10 heteroatoms. The van der Waals surface area contributed by atoms with Gasteiger partial charge in [0.25, 0.3) is 0 Å². The molecule has 7 nitrogen and oxygen atoms in total. The van der Waals surface area contributed by atoms with Gasteiger partial charge in [-0.15, -0.1) is 0 Å². The average molecular weight is 441 g/mol. The molecular weight excluding hydrogens is 423 g/mol. The monoisotopic (exact) mass is 441 g/mol. The summed E-state index contributed by atoms with van der Waals surface area (Å²) < 4.78 is 46.6. The summed E-state index contributed by atoms with van der Waals surface area (Å²) in [6, 6.07) is 9.99. The largest absolute Gasteiger partial charge is 0.450 e. The Morgan fingerprint density at radius 2 is 1.94 bits per heavy atom. The van der Waals surface area contributed by atoms with Gasteiger partial charge in [-0.3, -0.25) is 0 Å². The molecule has 0 spiro atoms. The highest BCUT2D eigenvalue weighted by Crippen LogP contribution is 2.55. The molecule has 1 amide bonds. The van der Waals surface area contributed by atoms with Crippen LogP contribution in [0.4, 0.5) is 18.0 Å². The zero-order chi connectivity index (χ0) is 23.7. The lowest BCUT2D eigenvalue weighted by Crippen LogP contribution is -2.54. The van der Waals surface area contributed by atoms with Crippen molar-refractivity contribution in [1.82, 2.24) is 4.90 Å². The second kappa shape index (κ2) is 8.36. The lowest BCUT2D eigenvalue weighted by molar-refractivity contribution is -0.138. The van der Waals surface area contributed by atoms with Crippen molar-refractivity contribution in [3.05, 3.63) is 47.0 Å². The fourth-order valence-electron chi connectivity index (χ4n) is 4.54. The van der Waals surface area contributed by atoms with E-state index in [1.165, 1.54) is 29.2 Å². The van der Waals surface area contributed by atoms with Crippen LogP contribution in [0.15, 0.2) is 35.9 Å². The van der Waals surface area contributed by atoms with E-state index >= 15 is 0 Å². The van der Waals surface area contributed by atoms with Gasteiger partial charge in [-0.25, -0.2) is 4.79 Å². The van der Waals surface area contributed by atoms with Gasteiger partial charge in [-0.2, -0.15) is 29.0 Å². The van der Waals surface area contributed by atoms with Crippen LogP contribution in [0.1, 0.15) is 24.0 Å². The van der Waals surface area contributed by atoms with Gasteiger partial charge in [0, 0.05) is 24.9 Å². The number of carbonyl (C=O) groups excluding carboxylic acids is 1. The molecule has 1 aromatic rings. The normalized spacial score (nSPS) is 24.3. The summed E-state index contributed by atoms with van der Waals surface area (Å²) in [6.45, 7) is 1.58. The number of hydrogen-bond acceptors (Lipinski definition) is 6. The SMILES string of the molecule is CCOC(=O)N1CC=C2C(C#N)C(=N)C(C#N)(C#N)[C@@H](c3ccccc3C(F)(F)F)[C@H]2C1. The van der Waals surface area contributed by atoms with Crippen LogP contribution in [-0.2, 0) is 10.9 Å². The molecular formula is C22H18F3N5O2. The van der Waals surface area contributed by atoms with Gasteiger partial charge in [-0.1, -0.05) is 24.3 Å². The molecule has 1 heterocycles. The van der Waals surface area contributed by atoms with Crippen LogP contribution < -0.4 is 0 Å². The van der Waals surface area contributed by atoms with Gasteiger partial charge < -0.3 is 15.0 Å². The Morgan fingerprint density at radius 1 is 1.28 bits per heavy atom. The Balaban J connectivity index is 2.29. The summed E-state index contributed by atoms with van der Waals surface area (Å²) in [4.78, 5) is 13.6. The van der Waals surface area contributed by atoms with E-state index in [-0.39, 0.29) is 25.3 Å². The molecule has 1 aliphatic heterocycles. The minimum atomic E-state index is -4.78. The molecule has 164 valence electrons. The number of ether oxygens (including phenoxy) is 1. The Kier molecular flexibility index (Phi) is 5.96. The van der Waals surface area contributed by atoms with Crippen LogP contribution in [0.3, 0.4) is 0 Å². The lowest BCUT2D eigenvalue weighted by Gasteiger charge is -2.47. The van der Waals surface area contributed by atoms with Gasteiger partial charge in [-0.05, 0) is 24.1 Å². The van der Waals surface area contributed by atoms with E-state index in [4.69, 9.17) is 10.1 Å². The predicted octanol–water partition coefficient (Wildman–Crippen LogP) is 4.01. The maximum absolute atomic E-state index is 13.9. The van der Waals surface area contributed by atoms with E-state index in [1.54, 1.807) is 19.1 Å². The highest BCUT2D eigenvalue weighted by Gasteiger charge is 2.59. The molecule has 0 saturated heterocycles. The van der Waals surface area contributed by atoms with Crippen molar-refractivity contribution in [1.29, 1.82) is 21.2 Å². The van der Waals surface area contributed by atoms with Gasteiger partial charge in [0.15, 0.2) is 5.41 Å². The molecule has 32 heavy (non-hydrogen) atoms. The topological polar surface area (TPSA) is 125 Å². The van der Waals surface area contributed by atoms with Crippen molar-refractivity contribution in [2.24, 2.45) is 17.3 Å². The quantitative estimate of drug-likeness (QED) is 0.694. The second-order valence-electron chi connectivity index (χ2n) is 7.48. The molecule has 1 fully saturated rings. The zero-order valence-electron chi connectivity index (χ0n) is 17.0. The molecule has 2 aliphatic rings. The minimum absolute atomic E-state index is 0.0376. The van der Waals surface area contributed by atoms with Gasteiger partial charge in [0.05, 0.1) is 36.1 Å². The third-order valence-corrected chi connectivity index (χ3v) is 5.92. The van der Waals surface area contributed by atoms with Crippen LogP contribution in [-0.4, -0.2) is 36.4 Å². The molecule has 0 aromatic heterocycles. The maximum Gasteiger partial charge on any atom is 0.416 e. The first-order chi connectivity index (χ1) is 15.2.